The van der Waals surface area contributed by atoms with Crippen molar-refractivity contribution in [3.05, 3.63) is 11.9 Å². The van der Waals surface area contributed by atoms with Gasteiger partial charge in [0.25, 0.3) is 0 Å². The maximum atomic E-state index is 12.6. The Morgan fingerprint density at radius 1 is 1.50 bits per heavy atom. The fraction of sp³-hybridized carbons (Fsp3) is 0.714. The van der Waals surface area contributed by atoms with Crippen LogP contribution in [0.2, 0.25) is 0 Å². The first-order valence-corrected chi connectivity index (χ1v) is 4.07. The summed E-state index contributed by atoms with van der Waals surface area (Å²) in [6, 6.07) is 0. The fourth-order valence-electron chi connectivity index (χ4n) is 1.28. The molecule has 7 heteroatoms. The Morgan fingerprint density at radius 3 is 2.36 bits per heavy atom. The summed E-state index contributed by atoms with van der Waals surface area (Å²) in [7, 11) is 1.39. The van der Waals surface area contributed by atoms with E-state index in [-0.39, 0.29) is 5.70 Å². The summed E-state index contributed by atoms with van der Waals surface area (Å²) in [4.78, 5) is 0. The summed E-state index contributed by atoms with van der Waals surface area (Å²) in [6.07, 6.45) is -4.03. The zero-order chi connectivity index (χ0) is 11.0. The Kier molecular flexibility index (Phi) is 2.64. The minimum absolute atomic E-state index is 0.243. The van der Waals surface area contributed by atoms with Gasteiger partial charge in [-0.3, -0.25) is 5.01 Å². The smallest absolute Gasteiger partial charge is 0.375 e. The number of halogens is 3. The van der Waals surface area contributed by atoms with Crippen molar-refractivity contribution in [3.8, 4) is 0 Å². The van der Waals surface area contributed by atoms with E-state index in [2.05, 4.69) is 11.0 Å². The molecule has 1 rings (SSSR count). The average Bonchev–Trinajstić information content (AvgIpc) is 2.48. The predicted octanol–water partition coefficient (Wildman–Crippen LogP) is 0.486. The van der Waals surface area contributed by atoms with Crippen molar-refractivity contribution in [2.45, 2.75) is 25.1 Å². The van der Waals surface area contributed by atoms with Crippen LogP contribution in [0.3, 0.4) is 0 Å². The molecule has 0 aromatic carbocycles. The Hall–Kier alpha value is -0.950. The molecule has 1 heterocycles. The first-order valence-electron chi connectivity index (χ1n) is 4.07. The third kappa shape index (κ3) is 1.53. The van der Waals surface area contributed by atoms with Crippen LogP contribution < -0.4 is 11.0 Å². The molecule has 1 aliphatic heterocycles. The molecule has 14 heavy (non-hydrogen) atoms. The van der Waals surface area contributed by atoms with Crippen LogP contribution in [0.5, 0.6) is 0 Å². The summed E-state index contributed by atoms with van der Waals surface area (Å²) < 4.78 is 37.7. The highest BCUT2D eigenvalue weighted by Gasteiger charge is 2.56. The lowest BCUT2D eigenvalue weighted by atomic mass is 9.96. The second-order valence-corrected chi connectivity index (χ2v) is 3.06. The molecule has 0 fully saturated rings. The molecule has 1 aliphatic rings. The normalized spacial score (nSPS) is 21.6. The van der Waals surface area contributed by atoms with Gasteiger partial charge in [0, 0.05) is 13.2 Å². The number of alkyl halides is 3. The number of hydrogen-bond acceptors (Lipinski definition) is 4. The summed E-state index contributed by atoms with van der Waals surface area (Å²) in [5, 5.41) is 10.6. The highest BCUT2D eigenvalue weighted by atomic mass is 19.4. The van der Waals surface area contributed by atoms with Gasteiger partial charge in [0.2, 0.25) is 5.60 Å². The second kappa shape index (κ2) is 3.32. The number of likely N-dealkylation sites (N-methyl/N-ethyl adjacent to an activating group) is 1. The number of hydrogen-bond donors (Lipinski definition) is 3. The van der Waals surface area contributed by atoms with E-state index >= 15 is 0 Å². The highest BCUT2D eigenvalue weighted by Crippen LogP contribution is 2.39. The number of nitrogens with zero attached hydrogens (tertiary/aromatic N) is 1. The zero-order valence-corrected chi connectivity index (χ0v) is 7.81. The van der Waals surface area contributed by atoms with Crippen molar-refractivity contribution in [1.82, 2.24) is 16.0 Å². The lowest BCUT2D eigenvalue weighted by Gasteiger charge is -2.33. The van der Waals surface area contributed by atoms with Gasteiger partial charge in [0.15, 0.2) is 0 Å². The molecule has 82 valence electrons. The van der Waals surface area contributed by atoms with Gasteiger partial charge in [-0.1, -0.05) is 6.92 Å². The number of rotatable bonds is 2. The molecular weight excluding hydrogens is 199 g/mol. The first kappa shape index (κ1) is 11.1. The van der Waals surface area contributed by atoms with Crippen LogP contribution in [0.15, 0.2) is 11.9 Å². The molecule has 0 bridgehead atoms. The fourth-order valence-corrected chi connectivity index (χ4v) is 1.28. The van der Waals surface area contributed by atoms with Gasteiger partial charge >= 0.3 is 6.18 Å². The van der Waals surface area contributed by atoms with Crippen molar-refractivity contribution in [2.24, 2.45) is 0 Å². The minimum atomic E-state index is -4.68. The molecule has 0 saturated heterocycles. The van der Waals surface area contributed by atoms with Crippen molar-refractivity contribution < 1.29 is 18.3 Å². The van der Waals surface area contributed by atoms with E-state index in [1.165, 1.54) is 14.0 Å². The number of nitrogens with one attached hydrogen (secondary N) is 2. The van der Waals surface area contributed by atoms with Crippen molar-refractivity contribution in [1.29, 1.82) is 0 Å². The molecular formula is C7H12F3N3O. The third-order valence-electron chi connectivity index (χ3n) is 2.21. The Labute approximate surface area is 79.3 Å². The Balaban J connectivity index is 3.01. The number of aliphatic hydroxyl groups is 1. The molecule has 0 aromatic heterocycles. The second-order valence-electron chi connectivity index (χ2n) is 3.06. The molecule has 0 spiro atoms. The van der Waals surface area contributed by atoms with E-state index in [0.717, 1.165) is 11.2 Å². The molecule has 4 nitrogen and oxygen atoms in total. The molecule has 0 aliphatic carbocycles. The van der Waals surface area contributed by atoms with Crippen LogP contribution in [0.1, 0.15) is 13.3 Å². The van der Waals surface area contributed by atoms with E-state index in [1.807, 2.05) is 0 Å². The first-order chi connectivity index (χ1) is 6.33. The Bertz CT molecular complexity index is 253. The summed E-state index contributed by atoms with van der Waals surface area (Å²) >= 11 is 0. The van der Waals surface area contributed by atoms with Crippen LogP contribution in [0.25, 0.3) is 0 Å². The van der Waals surface area contributed by atoms with E-state index in [4.69, 9.17) is 0 Å². The van der Waals surface area contributed by atoms with E-state index in [0.29, 0.717) is 0 Å². The van der Waals surface area contributed by atoms with Crippen LogP contribution in [0.4, 0.5) is 13.2 Å². The van der Waals surface area contributed by atoms with Crippen molar-refractivity contribution >= 4 is 0 Å². The van der Waals surface area contributed by atoms with Crippen LogP contribution in [-0.2, 0) is 0 Å². The quantitative estimate of drug-likeness (QED) is 0.622. The van der Waals surface area contributed by atoms with Crippen LogP contribution >= 0.6 is 0 Å². The summed E-state index contributed by atoms with van der Waals surface area (Å²) in [6.45, 7) is 1.28. The Morgan fingerprint density at radius 2 is 2.07 bits per heavy atom. The topological polar surface area (TPSA) is 47.5 Å². The van der Waals surface area contributed by atoms with Gasteiger partial charge in [0.05, 0.1) is 5.70 Å². The zero-order valence-electron chi connectivity index (χ0n) is 7.81. The predicted molar refractivity (Wildman–Crippen MR) is 43.4 cm³/mol. The van der Waals surface area contributed by atoms with Gasteiger partial charge < -0.3 is 10.5 Å². The van der Waals surface area contributed by atoms with E-state index < -0.39 is 18.2 Å². The largest absolute Gasteiger partial charge is 0.422 e. The molecule has 0 radical (unpaired) electrons. The molecule has 1 unspecified atom stereocenters. The number of hydrazine groups is 2. The molecule has 3 N–H and O–H groups in total. The van der Waals surface area contributed by atoms with Gasteiger partial charge in [-0.05, 0) is 6.42 Å². The van der Waals surface area contributed by atoms with Gasteiger partial charge in [0.1, 0.15) is 0 Å². The maximum absolute atomic E-state index is 12.6. The molecule has 1 atom stereocenters. The average molecular weight is 211 g/mol. The highest BCUT2D eigenvalue weighted by molar-refractivity contribution is 5.19. The van der Waals surface area contributed by atoms with Crippen LogP contribution in [-0.4, -0.2) is 28.9 Å². The van der Waals surface area contributed by atoms with Crippen molar-refractivity contribution in [2.75, 3.05) is 7.05 Å². The third-order valence-corrected chi connectivity index (χ3v) is 2.21. The van der Waals surface area contributed by atoms with Crippen molar-refractivity contribution in [3.63, 3.8) is 0 Å². The molecule has 0 amide bonds. The van der Waals surface area contributed by atoms with Gasteiger partial charge in [-0.2, -0.15) is 13.2 Å². The molecule has 0 aromatic rings. The van der Waals surface area contributed by atoms with Gasteiger partial charge in [-0.25, -0.2) is 0 Å². The summed E-state index contributed by atoms with van der Waals surface area (Å²) in [5.41, 5.74) is 1.75. The van der Waals surface area contributed by atoms with Crippen LogP contribution in [0, 0.1) is 0 Å². The minimum Gasteiger partial charge on any atom is -0.375 e. The van der Waals surface area contributed by atoms with Gasteiger partial charge in [-0.15, -0.1) is 5.53 Å². The van der Waals surface area contributed by atoms with E-state index in [9.17, 15) is 18.3 Å². The SMILES string of the molecule is CCC(O)(C1=CNNN1C)C(F)(F)F. The van der Waals surface area contributed by atoms with E-state index in [1.54, 1.807) is 0 Å². The summed E-state index contributed by atoms with van der Waals surface area (Å²) in [5.74, 6) is 0. The monoisotopic (exact) mass is 211 g/mol. The lowest BCUT2D eigenvalue weighted by molar-refractivity contribution is -0.251. The molecule has 0 saturated carbocycles. The maximum Gasteiger partial charge on any atom is 0.422 e. The standard InChI is InChI=1S/C7H12F3N3O/c1-3-6(14,7(8,9)10)5-4-11-12-13(5)2/h4,11-12,14H,3H2,1-2H3. The lowest BCUT2D eigenvalue weighted by Crippen LogP contribution is -2.51.